The molecule has 0 fully saturated rings. The molecular formula is C21H21NO5S. The first-order valence-electron chi connectivity index (χ1n) is 8.69. The van der Waals surface area contributed by atoms with Crippen LogP contribution in [0.4, 0.5) is 0 Å². The van der Waals surface area contributed by atoms with Crippen molar-refractivity contribution in [2.45, 2.75) is 17.7 Å². The van der Waals surface area contributed by atoms with Gasteiger partial charge in [0.05, 0.1) is 11.2 Å². The highest BCUT2D eigenvalue weighted by molar-refractivity contribution is 7.90. The van der Waals surface area contributed by atoms with Gasteiger partial charge in [0, 0.05) is 42.8 Å². The predicted octanol–water partition coefficient (Wildman–Crippen LogP) is 3.80. The van der Waals surface area contributed by atoms with Crippen molar-refractivity contribution in [1.82, 2.24) is 5.06 Å². The van der Waals surface area contributed by atoms with E-state index in [1.807, 2.05) is 30.3 Å². The van der Waals surface area contributed by atoms with Gasteiger partial charge in [0.25, 0.3) is 0 Å². The molecular weight excluding hydrogens is 378 g/mol. The average Bonchev–Trinajstić information content (AvgIpc) is 3.09. The largest absolute Gasteiger partial charge is 0.468 e. The zero-order chi connectivity index (χ0) is 20.3. The Morgan fingerprint density at radius 1 is 1.04 bits per heavy atom. The molecule has 0 bridgehead atoms. The van der Waals surface area contributed by atoms with Gasteiger partial charge >= 0.3 is 0 Å². The molecule has 0 saturated heterocycles. The Kier molecular flexibility index (Phi) is 5.67. The molecule has 0 aliphatic carbocycles. The lowest BCUT2D eigenvalue weighted by molar-refractivity contribution is -0.159. The number of amides is 1. The van der Waals surface area contributed by atoms with E-state index < -0.39 is 15.7 Å². The maximum absolute atomic E-state index is 12.3. The second-order valence-corrected chi connectivity index (χ2v) is 8.48. The van der Waals surface area contributed by atoms with Crippen molar-refractivity contribution in [2.75, 3.05) is 13.3 Å². The lowest BCUT2D eigenvalue weighted by atomic mass is 9.95. The highest BCUT2D eigenvalue weighted by Crippen LogP contribution is 2.39. The molecule has 0 atom stereocenters. The molecule has 0 unspecified atom stereocenters. The van der Waals surface area contributed by atoms with E-state index in [1.165, 1.54) is 19.6 Å². The summed E-state index contributed by atoms with van der Waals surface area (Å²) in [7, 11) is -2.17. The Hall–Kier alpha value is -2.90. The fraction of sp³-hybridized carbons (Fsp3) is 0.190. The molecule has 0 spiro atoms. The first-order valence-corrected chi connectivity index (χ1v) is 10.6. The van der Waals surface area contributed by atoms with Gasteiger partial charge in [-0.3, -0.25) is 10.0 Å². The molecule has 1 aromatic heterocycles. The number of benzene rings is 2. The Balaban J connectivity index is 2.15. The minimum Gasteiger partial charge on any atom is -0.468 e. The summed E-state index contributed by atoms with van der Waals surface area (Å²) in [6.45, 7) is 0. The second-order valence-electron chi connectivity index (χ2n) is 6.50. The summed E-state index contributed by atoms with van der Waals surface area (Å²) < 4.78 is 30.3. The van der Waals surface area contributed by atoms with Crippen molar-refractivity contribution in [3.8, 4) is 22.3 Å². The predicted molar refractivity (Wildman–Crippen MR) is 106 cm³/mol. The van der Waals surface area contributed by atoms with Crippen LogP contribution in [0.25, 0.3) is 22.3 Å². The molecule has 0 aliphatic rings. The first-order chi connectivity index (χ1) is 13.3. The summed E-state index contributed by atoms with van der Waals surface area (Å²) in [6, 6.07) is 16.2. The number of furan rings is 1. The van der Waals surface area contributed by atoms with E-state index in [1.54, 1.807) is 24.3 Å². The van der Waals surface area contributed by atoms with Crippen LogP contribution in [0.15, 0.2) is 70.2 Å². The summed E-state index contributed by atoms with van der Waals surface area (Å²) in [5.74, 6) is 0.119. The molecule has 0 saturated carbocycles. The number of aryl methyl sites for hydroxylation is 1. The fourth-order valence-electron chi connectivity index (χ4n) is 3.10. The van der Waals surface area contributed by atoms with Crippen LogP contribution >= 0.6 is 0 Å². The lowest BCUT2D eigenvalue weighted by Gasteiger charge is -2.11. The third-order valence-electron chi connectivity index (χ3n) is 4.43. The molecule has 7 heteroatoms. The zero-order valence-electron chi connectivity index (χ0n) is 15.6. The van der Waals surface area contributed by atoms with E-state index in [-0.39, 0.29) is 17.7 Å². The van der Waals surface area contributed by atoms with Crippen molar-refractivity contribution in [2.24, 2.45) is 0 Å². The number of carbonyl (C=O) groups excluding carboxylic acids is 1. The first kappa shape index (κ1) is 19.9. The molecule has 2 aromatic carbocycles. The summed E-state index contributed by atoms with van der Waals surface area (Å²) in [4.78, 5) is 12.0. The SMILES string of the molecule is CN(O)C(=O)CCc1occ(-c2ccccc2S(C)(=O)=O)c1-c1ccccc1. The molecule has 1 heterocycles. The molecule has 0 aliphatic heterocycles. The van der Waals surface area contributed by atoms with Crippen LogP contribution in [-0.2, 0) is 21.1 Å². The Morgan fingerprint density at radius 3 is 2.32 bits per heavy atom. The summed E-state index contributed by atoms with van der Waals surface area (Å²) in [5.41, 5.74) is 2.79. The molecule has 146 valence electrons. The van der Waals surface area contributed by atoms with E-state index >= 15 is 0 Å². The molecule has 28 heavy (non-hydrogen) atoms. The van der Waals surface area contributed by atoms with Crippen molar-refractivity contribution < 1.29 is 22.8 Å². The number of hydrogen-bond donors (Lipinski definition) is 1. The smallest absolute Gasteiger partial charge is 0.246 e. The quantitative estimate of drug-likeness (QED) is 0.503. The minimum absolute atomic E-state index is 0.0630. The van der Waals surface area contributed by atoms with Gasteiger partial charge in [-0.05, 0) is 11.6 Å². The Labute approximate surface area is 163 Å². The van der Waals surface area contributed by atoms with Crippen LogP contribution in [0.3, 0.4) is 0 Å². The molecule has 1 amide bonds. The molecule has 6 nitrogen and oxygen atoms in total. The molecule has 3 aromatic rings. The van der Waals surface area contributed by atoms with Gasteiger partial charge in [-0.2, -0.15) is 0 Å². The van der Waals surface area contributed by atoms with E-state index in [4.69, 9.17) is 4.42 Å². The number of rotatable bonds is 6. The highest BCUT2D eigenvalue weighted by Gasteiger charge is 2.22. The van der Waals surface area contributed by atoms with Gasteiger partial charge < -0.3 is 4.42 Å². The van der Waals surface area contributed by atoms with E-state index in [0.29, 0.717) is 22.0 Å². The fourth-order valence-corrected chi connectivity index (χ4v) is 4.00. The van der Waals surface area contributed by atoms with Crippen LogP contribution in [0, 0.1) is 0 Å². The highest BCUT2D eigenvalue weighted by atomic mass is 32.2. The van der Waals surface area contributed by atoms with Crippen LogP contribution < -0.4 is 0 Å². The number of nitrogens with zero attached hydrogens (tertiary/aromatic N) is 1. The minimum atomic E-state index is -3.44. The van der Waals surface area contributed by atoms with Crippen LogP contribution in [-0.4, -0.2) is 37.9 Å². The standard InChI is InChI=1S/C21H21NO5S/c1-22(24)20(23)13-12-18-21(15-8-4-3-5-9-15)17(14-27-18)16-10-6-7-11-19(16)28(2,25)26/h3-11,14,24H,12-13H2,1-2H3. The topological polar surface area (TPSA) is 87.8 Å². The van der Waals surface area contributed by atoms with E-state index in [2.05, 4.69) is 0 Å². The van der Waals surface area contributed by atoms with E-state index in [9.17, 15) is 18.4 Å². The van der Waals surface area contributed by atoms with Gasteiger partial charge in [0.15, 0.2) is 9.84 Å². The van der Waals surface area contributed by atoms with Gasteiger partial charge in [-0.1, -0.05) is 48.5 Å². The lowest BCUT2D eigenvalue weighted by Crippen LogP contribution is -2.22. The zero-order valence-corrected chi connectivity index (χ0v) is 16.4. The normalized spacial score (nSPS) is 11.4. The third kappa shape index (κ3) is 4.16. The number of carbonyl (C=O) groups is 1. The van der Waals surface area contributed by atoms with Gasteiger partial charge in [0.2, 0.25) is 5.91 Å². The molecule has 0 radical (unpaired) electrons. The summed E-state index contributed by atoms with van der Waals surface area (Å²) >= 11 is 0. The van der Waals surface area contributed by atoms with Crippen LogP contribution in [0.1, 0.15) is 12.2 Å². The van der Waals surface area contributed by atoms with Gasteiger partial charge in [-0.15, -0.1) is 0 Å². The summed E-state index contributed by atoms with van der Waals surface area (Å²) in [6.07, 6.45) is 3.03. The van der Waals surface area contributed by atoms with Crippen LogP contribution in [0.5, 0.6) is 0 Å². The number of sulfone groups is 1. The third-order valence-corrected chi connectivity index (χ3v) is 5.59. The number of hydrogen-bond acceptors (Lipinski definition) is 5. The monoisotopic (exact) mass is 399 g/mol. The second kappa shape index (κ2) is 8.00. The Morgan fingerprint density at radius 2 is 1.68 bits per heavy atom. The van der Waals surface area contributed by atoms with Crippen molar-refractivity contribution in [1.29, 1.82) is 0 Å². The van der Waals surface area contributed by atoms with Crippen LogP contribution in [0.2, 0.25) is 0 Å². The maximum Gasteiger partial charge on any atom is 0.246 e. The van der Waals surface area contributed by atoms with Gasteiger partial charge in [-0.25, -0.2) is 13.5 Å². The maximum atomic E-state index is 12.3. The number of hydroxylamine groups is 2. The summed E-state index contributed by atoms with van der Waals surface area (Å²) in [5, 5.41) is 9.83. The van der Waals surface area contributed by atoms with Crippen molar-refractivity contribution in [3.63, 3.8) is 0 Å². The van der Waals surface area contributed by atoms with Crippen molar-refractivity contribution >= 4 is 15.7 Å². The Bertz CT molecular complexity index is 1080. The average molecular weight is 399 g/mol. The van der Waals surface area contributed by atoms with Crippen molar-refractivity contribution in [3.05, 3.63) is 66.6 Å². The molecule has 3 rings (SSSR count). The molecule has 1 N–H and O–H groups in total. The van der Waals surface area contributed by atoms with Gasteiger partial charge in [0.1, 0.15) is 5.76 Å². The van der Waals surface area contributed by atoms with E-state index in [0.717, 1.165) is 11.1 Å².